The highest BCUT2D eigenvalue weighted by Gasteiger charge is 2.28. The molecule has 6 heteroatoms. The number of hydrogen-bond acceptors (Lipinski definition) is 3. The van der Waals surface area contributed by atoms with Crippen LogP contribution in [0.3, 0.4) is 0 Å². The number of fused-ring (bicyclic) bond motifs is 10. The highest BCUT2D eigenvalue weighted by molar-refractivity contribution is 6.27. The van der Waals surface area contributed by atoms with Gasteiger partial charge in [0.1, 0.15) is 0 Å². The molecule has 0 N–H and O–H groups in total. The molecule has 0 saturated carbocycles. The van der Waals surface area contributed by atoms with Crippen LogP contribution in [0.1, 0.15) is 0 Å². The molecule has 4 aromatic heterocycles. The smallest absolute Gasteiger partial charge is 0.238 e. The highest BCUT2D eigenvalue weighted by atomic mass is 15.2. The van der Waals surface area contributed by atoms with E-state index in [1.165, 1.54) is 21.9 Å². The van der Waals surface area contributed by atoms with Crippen molar-refractivity contribution in [3.8, 4) is 73.5 Å². The lowest BCUT2D eigenvalue weighted by molar-refractivity contribution is 0.953. The van der Waals surface area contributed by atoms with Gasteiger partial charge in [-0.25, -0.2) is 4.98 Å². The van der Waals surface area contributed by atoms with Crippen molar-refractivity contribution in [3.63, 3.8) is 0 Å². The predicted octanol–water partition coefficient (Wildman–Crippen LogP) is 17.5. The van der Waals surface area contributed by atoms with Crippen LogP contribution >= 0.6 is 0 Å². The van der Waals surface area contributed by atoms with Crippen molar-refractivity contribution in [3.05, 3.63) is 267 Å². The molecule has 4 heterocycles. The third kappa shape index (κ3) is 6.92. The monoisotopic (exact) mass is 956 g/mol. The molecule has 0 amide bonds. The Hall–Kier alpha value is -10.2. The standard InChI is InChI=1S/C69H44N6/c1-4-20-45(21-5-1)50-26-18-27-51(42-50)47-38-40-49(41-39-47)68-70-67(48-24-8-3-9-25-48)71-69(72-68)75-62-37-17-13-33-57(62)64-63(74-60-35-15-10-30-54(60)55-31-11-16-36-61(55)74)44-58-56-32-12-14-34-59(56)73(65(58)66(64)75)53-29-19-28-52(43-53)46-22-6-2-7-23-46/h1-44H. The quantitative estimate of drug-likeness (QED) is 0.152. The van der Waals surface area contributed by atoms with Crippen LogP contribution in [0, 0.1) is 0 Å². The fraction of sp³-hybridized carbons (Fsp3) is 0. The van der Waals surface area contributed by atoms with Crippen LogP contribution in [-0.2, 0) is 0 Å². The van der Waals surface area contributed by atoms with E-state index < -0.39 is 0 Å². The molecule has 0 spiro atoms. The zero-order valence-electron chi connectivity index (χ0n) is 40.6. The molecule has 350 valence electrons. The predicted molar refractivity (Wildman–Crippen MR) is 310 cm³/mol. The summed E-state index contributed by atoms with van der Waals surface area (Å²) in [6.45, 7) is 0. The Morgan fingerprint density at radius 3 is 1.21 bits per heavy atom. The topological polar surface area (TPSA) is 53.5 Å². The number of para-hydroxylation sites is 4. The van der Waals surface area contributed by atoms with Crippen LogP contribution in [0.15, 0.2) is 267 Å². The van der Waals surface area contributed by atoms with E-state index in [9.17, 15) is 0 Å². The Morgan fingerprint density at radius 2 is 0.640 bits per heavy atom. The molecule has 6 nitrogen and oxygen atoms in total. The second kappa shape index (κ2) is 17.3. The third-order valence-electron chi connectivity index (χ3n) is 14.9. The first-order valence-electron chi connectivity index (χ1n) is 25.4. The van der Waals surface area contributed by atoms with Crippen LogP contribution in [0.2, 0.25) is 0 Å². The maximum atomic E-state index is 5.56. The van der Waals surface area contributed by atoms with Gasteiger partial charge >= 0.3 is 0 Å². The zero-order valence-corrected chi connectivity index (χ0v) is 40.6. The van der Waals surface area contributed by atoms with Crippen molar-refractivity contribution >= 4 is 65.4 Å². The Kier molecular flexibility index (Phi) is 9.78. The molecule has 0 fully saturated rings. The maximum absolute atomic E-state index is 5.56. The van der Waals surface area contributed by atoms with E-state index in [1.807, 2.05) is 18.2 Å². The average Bonchev–Trinajstić information content (AvgIpc) is 4.15. The fourth-order valence-electron chi connectivity index (χ4n) is 11.5. The third-order valence-corrected chi connectivity index (χ3v) is 14.9. The van der Waals surface area contributed by atoms with Crippen molar-refractivity contribution in [2.24, 2.45) is 0 Å². The zero-order chi connectivity index (χ0) is 49.4. The van der Waals surface area contributed by atoms with Crippen LogP contribution in [0.4, 0.5) is 0 Å². The lowest BCUT2D eigenvalue weighted by atomic mass is 9.98. The van der Waals surface area contributed by atoms with Crippen LogP contribution in [0.5, 0.6) is 0 Å². The summed E-state index contributed by atoms with van der Waals surface area (Å²) in [4.78, 5) is 16.4. The second-order valence-corrected chi connectivity index (χ2v) is 19.2. The molecule has 15 aromatic rings. The molecule has 0 aliphatic heterocycles. The number of hydrogen-bond donors (Lipinski definition) is 0. The molecular weight excluding hydrogens is 913 g/mol. The van der Waals surface area contributed by atoms with Crippen molar-refractivity contribution < 1.29 is 0 Å². The molecule has 0 unspecified atom stereocenters. The van der Waals surface area contributed by atoms with Crippen LogP contribution in [0.25, 0.3) is 139 Å². The summed E-state index contributed by atoms with van der Waals surface area (Å²) in [5.41, 5.74) is 17.3. The Balaban J connectivity index is 1.05. The molecule has 0 aliphatic carbocycles. The first kappa shape index (κ1) is 42.5. The summed E-state index contributed by atoms with van der Waals surface area (Å²) in [6.07, 6.45) is 0. The molecule has 0 atom stereocenters. The first-order valence-corrected chi connectivity index (χ1v) is 25.4. The summed E-state index contributed by atoms with van der Waals surface area (Å²) in [7, 11) is 0. The Labute approximate surface area is 432 Å². The normalized spacial score (nSPS) is 11.7. The van der Waals surface area contributed by atoms with Gasteiger partial charge in [0.05, 0.1) is 38.8 Å². The minimum Gasteiger partial charge on any atom is -0.309 e. The van der Waals surface area contributed by atoms with E-state index in [4.69, 9.17) is 15.0 Å². The van der Waals surface area contributed by atoms with Gasteiger partial charge in [-0.3, -0.25) is 4.57 Å². The summed E-state index contributed by atoms with van der Waals surface area (Å²) >= 11 is 0. The number of rotatable bonds is 8. The Morgan fingerprint density at radius 1 is 0.240 bits per heavy atom. The molecule has 11 aromatic carbocycles. The molecule has 15 rings (SSSR count). The second-order valence-electron chi connectivity index (χ2n) is 19.2. The summed E-state index contributed by atoms with van der Waals surface area (Å²) in [5, 5.41) is 6.86. The number of nitrogens with zero attached hydrogens (tertiary/aromatic N) is 6. The van der Waals surface area contributed by atoms with E-state index in [0.717, 1.165) is 99.4 Å². The van der Waals surface area contributed by atoms with Crippen molar-refractivity contribution in [2.75, 3.05) is 0 Å². The lowest BCUT2D eigenvalue weighted by Crippen LogP contribution is -2.07. The van der Waals surface area contributed by atoms with E-state index in [1.54, 1.807) is 0 Å². The number of benzene rings is 11. The molecule has 0 saturated heterocycles. The SMILES string of the molecule is c1ccc(-c2cccc(-c3ccc(-c4nc(-c5ccccc5)nc(-n5c6ccccc6c6c(-n7c8ccccc8c8ccccc87)cc7c8ccccc8n(-c8cccc(-c9ccccc9)c8)c7c65)n4)cc3)c2)cc1. The van der Waals surface area contributed by atoms with E-state index in [0.29, 0.717) is 17.6 Å². The van der Waals surface area contributed by atoms with Gasteiger partial charge in [-0.15, -0.1) is 0 Å². The first-order chi connectivity index (χ1) is 37.2. The van der Waals surface area contributed by atoms with Crippen LogP contribution in [-0.4, -0.2) is 28.7 Å². The molecule has 0 bridgehead atoms. The number of aromatic nitrogens is 6. The van der Waals surface area contributed by atoms with Gasteiger partial charge in [-0.1, -0.05) is 218 Å². The maximum Gasteiger partial charge on any atom is 0.238 e. The van der Waals surface area contributed by atoms with Gasteiger partial charge in [-0.2, -0.15) is 9.97 Å². The summed E-state index contributed by atoms with van der Waals surface area (Å²) < 4.78 is 7.23. The molecular formula is C69H44N6. The Bertz CT molecular complexity index is 4630. The van der Waals surface area contributed by atoms with E-state index >= 15 is 0 Å². The van der Waals surface area contributed by atoms with E-state index in [2.05, 4.69) is 262 Å². The minimum absolute atomic E-state index is 0.528. The van der Waals surface area contributed by atoms with Gasteiger partial charge in [0.15, 0.2) is 11.6 Å². The van der Waals surface area contributed by atoms with Crippen LogP contribution < -0.4 is 0 Å². The van der Waals surface area contributed by atoms with Gasteiger partial charge < -0.3 is 9.13 Å². The minimum atomic E-state index is 0.528. The summed E-state index contributed by atoms with van der Waals surface area (Å²) in [5.74, 6) is 1.70. The van der Waals surface area contributed by atoms with Gasteiger partial charge in [0.25, 0.3) is 0 Å². The molecule has 75 heavy (non-hydrogen) atoms. The average molecular weight is 957 g/mol. The fourth-order valence-corrected chi connectivity index (χ4v) is 11.5. The molecule has 0 aliphatic rings. The van der Waals surface area contributed by atoms with Gasteiger partial charge in [0, 0.05) is 49.1 Å². The van der Waals surface area contributed by atoms with Crippen molar-refractivity contribution in [1.82, 2.24) is 28.7 Å². The van der Waals surface area contributed by atoms with Crippen molar-refractivity contribution in [1.29, 1.82) is 0 Å². The van der Waals surface area contributed by atoms with Crippen molar-refractivity contribution in [2.45, 2.75) is 0 Å². The highest BCUT2D eigenvalue weighted by Crippen LogP contribution is 2.47. The van der Waals surface area contributed by atoms with E-state index in [-0.39, 0.29) is 0 Å². The lowest BCUT2D eigenvalue weighted by Gasteiger charge is -2.16. The summed E-state index contributed by atoms with van der Waals surface area (Å²) in [6, 6.07) is 95.3. The van der Waals surface area contributed by atoms with Gasteiger partial charge in [0.2, 0.25) is 5.95 Å². The van der Waals surface area contributed by atoms with Gasteiger partial charge in [-0.05, 0) is 81.9 Å². The largest absolute Gasteiger partial charge is 0.309 e. The molecule has 0 radical (unpaired) electrons.